The Bertz CT molecular complexity index is 561. The molecule has 2 aromatic rings. The first kappa shape index (κ1) is 13.6. The van der Waals surface area contributed by atoms with Gasteiger partial charge in [0.05, 0.1) is 24.4 Å². The third kappa shape index (κ3) is 3.35. The molecule has 0 aliphatic heterocycles. The molecule has 0 spiro atoms. The average Bonchev–Trinajstić information content (AvgIpc) is 2.77. The highest BCUT2D eigenvalue weighted by Gasteiger charge is 2.30. The molecular formula is C13H13F3N2O. The number of halogens is 3. The van der Waals surface area contributed by atoms with E-state index in [4.69, 9.17) is 0 Å². The molecule has 0 fully saturated rings. The van der Waals surface area contributed by atoms with Gasteiger partial charge >= 0.3 is 6.18 Å². The van der Waals surface area contributed by atoms with Gasteiger partial charge in [0.1, 0.15) is 0 Å². The highest BCUT2D eigenvalue weighted by Crippen LogP contribution is 2.29. The van der Waals surface area contributed by atoms with Gasteiger partial charge in [-0.3, -0.25) is 4.68 Å². The van der Waals surface area contributed by atoms with Crippen molar-refractivity contribution in [2.75, 3.05) is 0 Å². The van der Waals surface area contributed by atoms with Crippen molar-refractivity contribution in [2.45, 2.75) is 25.7 Å². The van der Waals surface area contributed by atoms with Crippen molar-refractivity contribution in [3.05, 3.63) is 53.3 Å². The molecule has 0 aliphatic rings. The number of aliphatic hydroxyl groups is 1. The predicted molar refractivity (Wildman–Crippen MR) is 63.4 cm³/mol. The van der Waals surface area contributed by atoms with E-state index in [0.29, 0.717) is 11.1 Å². The first-order chi connectivity index (χ1) is 8.86. The molecule has 1 aromatic carbocycles. The molecule has 0 saturated carbocycles. The fourth-order valence-corrected chi connectivity index (χ4v) is 1.71. The van der Waals surface area contributed by atoms with E-state index in [0.717, 1.165) is 12.1 Å². The van der Waals surface area contributed by atoms with Crippen molar-refractivity contribution in [3.8, 4) is 0 Å². The molecule has 0 bridgehead atoms. The second kappa shape index (κ2) is 5.05. The summed E-state index contributed by atoms with van der Waals surface area (Å²) in [6, 6.07) is 5.12. The molecule has 1 heterocycles. The van der Waals surface area contributed by atoms with Gasteiger partial charge in [0.25, 0.3) is 0 Å². The number of aliphatic hydroxyl groups excluding tert-OH is 1. The summed E-state index contributed by atoms with van der Waals surface area (Å²) in [5.74, 6) is 0. The Morgan fingerprint density at radius 2 is 2.11 bits per heavy atom. The van der Waals surface area contributed by atoms with Crippen LogP contribution in [0.5, 0.6) is 0 Å². The molecule has 2 rings (SSSR count). The summed E-state index contributed by atoms with van der Waals surface area (Å²) in [4.78, 5) is 0. The quantitative estimate of drug-likeness (QED) is 0.931. The van der Waals surface area contributed by atoms with Gasteiger partial charge in [0.15, 0.2) is 0 Å². The molecule has 0 aliphatic carbocycles. The van der Waals surface area contributed by atoms with Gasteiger partial charge in [-0.15, -0.1) is 0 Å². The summed E-state index contributed by atoms with van der Waals surface area (Å²) in [6.45, 7) is 1.84. The van der Waals surface area contributed by atoms with Gasteiger partial charge in [-0.1, -0.05) is 12.1 Å². The van der Waals surface area contributed by atoms with Crippen molar-refractivity contribution >= 4 is 0 Å². The van der Waals surface area contributed by atoms with Gasteiger partial charge in [0.2, 0.25) is 0 Å². The van der Waals surface area contributed by atoms with Crippen LogP contribution < -0.4 is 0 Å². The van der Waals surface area contributed by atoms with Crippen LogP contribution in [0.2, 0.25) is 0 Å². The maximum atomic E-state index is 12.6. The van der Waals surface area contributed by atoms with Crippen LogP contribution in [0.15, 0.2) is 36.7 Å². The normalized spacial score (nSPS) is 13.5. The number of alkyl halides is 3. The smallest absolute Gasteiger partial charge is 0.389 e. The molecule has 19 heavy (non-hydrogen) atoms. The Kier molecular flexibility index (Phi) is 3.61. The summed E-state index contributed by atoms with van der Waals surface area (Å²) in [5.41, 5.74) is 0.468. The first-order valence-electron chi connectivity index (χ1n) is 5.73. The maximum Gasteiger partial charge on any atom is 0.416 e. The molecule has 102 valence electrons. The molecule has 0 saturated heterocycles. The largest absolute Gasteiger partial charge is 0.416 e. The number of rotatable bonds is 3. The van der Waals surface area contributed by atoms with Crippen LogP contribution in [0.4, 0.5) is 13.2 Å². The van der Waals surface area contributed by atoms with Crippen LogP contribution in [0.25, 0.3) is 0 Å². The minimum Gasteiger partial charge on any atom is -0.389 e. The second-order valence-electron chi connectivity index (χ2n) is 4.35. The summed E-state index contributed by atoms with van der Waals surface area (Å²) in [7, 11) is 0. The highest BCUT2D eigenvalue weighted by atomic mass is 19.4. The first-order valence-corrected chi connectivity index (χ1v) is 5.73. The summed E-state index contributed by atoms with van der Waals surface area (Å²) in [5, 5.41) is 13.4. The molecule has 1 atom stereocenters. The maximum absolute atomic E-state index is 12.6. The Morgan fingerprint density at radius 1 is 1.37 bits per heavy atom. The third-order valence-corrected chi connectivity index (χ3v) is 2.73. The summed E-state index contributed by atoms with van der Waals surface area (Å²) < 4.78 is 39.2. The molecule has 1 aromatic heterocycles. The molecule has 0 radical (unpaired) electrons. The lowest BCUT2D eigenvalue weighted by atomic mass is 10.1. The third-order valence-electron chi connectivity index (χ3n) is 2.73. The molecule has 1 unspecified atom stereocenters. The van der Waals surface area contributed by atoms with E-state index in [-0.39, 0.29) is 6.54 Å². The van der Waals surface area contributed by atoms with E-state index in [1.165, 1.54) is 16.9 Å². The second-order valence-corrected chi connectivity index (χ2v) is 4.35. The fraction of sp³-hybridized carbons (Fsp3) is 0.308. The Labute approximate surface area is 108 Å². The van der Waals surface area contributed by atoms with E-state index < -0.39 is 17.8 Å². The van der Waals surface area contributed by atoms with Gasteiger partial charge < -0.3 is 5.11 Å². The van der Waals surface area contributed by atoms with Crippen LogP contribution in [-0.2, 0) is 12.7 Å². The van der Waals surface area contributed by atoms with Crippen molar-refractivity contribution in [1.82, 2.24) is 9.78 Å². The van der Waals surface area contributed by atoms with Gasteiger partial charge in [-0.2, -0.15) is 18.3 Å². The number of benzene rings is 1. The minimum atomic E-state index is -4.34. The number of aromatic nitrogens is 2. The minimum absolute atomic E-state index is 0.233. The van der Waals surface area contributed by atoms with Gasteiger partial charge in [-0.05, 0) is 24.6 Å². The molecule has 1 N–H and O–H groups in total. The lowest BCUT2D eigenvalue weighted by molar-refractivity contribution is -0.137. The van der Waals surface area contributed by atoms with E-state index in [1.54, 1.807) is 19.2 Å². The van der Waals surface area contributed by atoms with E-state index >= 15 is 0 Å². The summed E-state index contributed by atoms with van der Waals surface area (Å²) in [6.07, 6.45) is -1.87. The van der Waals surface area contributed by atoms with Crippen LogP contribution >= 0.6 is 0 Å². The van der Waals surface area contributed by atoms with Crippen molar-refractivity contribution in [3.63, 3.8) is 0 Å². The topological polar surface area (TPSA) is 38.1 Å². The predicted octanol–water partition coefficient (Wildman–Crippen LogP) is 3.00. The Hall–Kier alpha value is -1.82. The van der Waals surface area contributed by atoms with Crippen molar-refractivity contribution < 1.29 is 18.3 Å². The van der Waals surface area contributed by atoms with Crippen LogP contribution in [0.3, 0.4) is 0 Å². The Balaban J connectivity index is 2.19. The lowest BCUT2D eigenvalue weighted by Gasteiger charge is -2.08. The summed E-state index contributed by atoms with van der Waals surface area (Å²) >= 11 is 0. The fourth-order valence-electron chi connectivity index (χ4n) is 1.71. The zero-order valence-electron chi connectivity index (χ0n) is 10.2. The molecule has 3 nitrogen and oxygen atoms in total. The van der Waals surface area contributed by atoms with Crippen molar-refractivity contribution in [2.24, 2.45) is 0 Å². The van der Waals surface area contributed by atoms with Crippen LogP contribution in [0, 0.1) is 0 Å². The zero-order chi connectivity index (χ0) is 14.0. The number of hydrogen-bond donors (Lipinski definition) is 1. The van der Waals surface area contributed by atoms with Crippen molar-refractivity contribution in [1.29, 1.82) is 0 Å². The molecule has 0 amide bonds. The number of nitrogens with zero attached hydrogens (tertiary/aromatic N) is 2. The zero-order valence-corrected chi connectivity index (χ0v) is 10.2. The highest BCUT2D eigenvalue weighted by molar-refractivity contribution is 5.26. The van der Waals surface area contributed by atoms with Gasteiger partial charge in [0, 0.05) is 11.8 Å². The van der Waals surface area contributed by atoms with Crippen LogP contribution in [-0.4, -0.2) is 14.9 Å². The standard InChI is InChI=1S/C13H13F3N2O/c1-9(19)11-6-17-18(8-11)7-10-3-2-4-12(5-10)13(14,15)16/h2-6,8-9,19H,7H2,1H3. The SMILES string of the molecule is CC(O)c1cnn(Cc2cccc(C(F)(F)F)c2)c1. The molecule has 6 heteroatoms. The Morgan fingerprint density at radius 3 is 2.68 bits per heavy atom. The van der Waals surface area contributed by atoms with E-state index in [2.05, 4.69) is 5.10 Å². The monoisotopic (exact) mass is 270 g/mol. The lowest BCUT2D eigenvalue weighted by Crippen LogP contribution is -2.07. The molecular weight excluding hydrogens is 257 g/mol. The number of hydrogen-bond acceptors (Lipinski definition) is 2. The van der Waals surface area contributed by atoms with E-state index in [9.17, 15) is 18.3 Å². The van der Waals surface area contributed by atoms with Crippen LogP contribution in [0.1, 0.15) is 29.7 Å². The van der Waals surface area contributed by atoms with Gasteiger partial charge in [-0.25, -0.2) is 0 Å². The van der Waals surface area contributed by atoms with E-state index in [1.807, 2.05) is 0 Å². The average molecular weight is 270 g/mol.